The number of nitrogens with one attached hydrogen (secondary N) is 1. The molecule has 0 bridgehead atoms. The fourth-order valence-corrected chi connectivity index (χ4v) is 1.94. The standard InChI is InChI=1S/C15H21NO/c1-3-8-17-15-6-4-13(5-7-15)10-16-11-14-9-12(14)2/h3-7,12,14,16H,1,8-11H2,2H3. The Morgan fingerprint density at radius 1 is 1.41 bits per heavy atom. The summed E-state index contributed by atoms with van der Waals surface area (Å²) in [6, 6.07) is 8.25. The van der Waals surface area contributed by atoms with Crippen LogP contribution < -0.4 is 10.1 Å². The van der Waals surface area contributed by atoms with Crippen molar-refractivity contribution < 1.29 is 4.74 Å². The molecule has 2 atom stereocenters. The van der Waals surface area contributed by atoms with Crippen LogP contribution in [0.4, 0.5) is 0 Å². The largest absolute Gasteiger partial charge is 0.490 e. The Balaban J connectivity index is 1.71. The van der Waals surface area contributed by atoms with Gasteiger partial charge in [-0.05, 0) is 42.5 Å². The van der Waals surface area contributed by atoms with Crippen molar-refractivity contribution in [2.45, 2.75) is 19.9 Å². The normalized spacial score (nSPS) is 22.2. The van der Waals surface area contributed by atoms with Crippen molar-refractivity contribution in [3.8, 4) is 5.75 Å². The lowest BCUT2D eigenvalue weighted by Gasteiger charge is -2.06. The molecular weight excluding hydrogens is 210 g/mol. The highest BCUT2D eigenvalue weighted by molar-refractivity contribution is 5.27. The van der Waals surface area contributed by atoms with Gasteiger partial charge in [-0.2, -0.15) is 0 Å². The van der Waals surface area contributed by atoms with Gasteiger partial charge in [0.1, 0.15) is 12.4 Å². The molecule has 1 aliphatic carbocycles. The van der Waals surface area contributed by atoms with Crippen molar-refractivity contribution in [2.24, 2.45) is 11.8 Å². The zero-order valence-electron chi connectivity index (χ0n) is 10.5. The van der Waals surface area contributed by atoms with E-state index in [2.05, 4.69) is 31.0 Å². The highest BCUT2D eigenvalue weighted by Crippen LogP contribution is 2.36. The Hall–Kier alpha value is -1.28. The van der Waals surface area contributed by atoms with Crippen molar-refractivity contribution in [1.82, 2.24) is 5.32 Å². The molecule has 2 rings (SSSR count). The molecule has 0 amide bonds. The van der Waals surface area contributed by atoms with Gasteiger partial charge < -0.3 is 10.1 Å². The highest BCUT2D eigenvalue weighted by atomic mass is 16.5. The molecule has 92 valence electrons. The number of benzene rings is 1. The zero-order valence-corrected chi connectivity index (χ0v) is 10.5. The second-order valence-electron chi connectivity index (χ2n) is 4.85. The van der Waals surface area contributed by atoms with Crippen LogP contribution in [-0.2, 0) is 6.54 Å². The van der Waals surface area contributed by atoms with Crippen LogP contribution in [0, 0.1) is 11.8 Å². The van der Waals surface area contributed by atoms with Gasteiger partial charge in [0, 0.05) is 6.54 Å². The maximum absolute atomic E-state index is 5.44. The molecule has 2 nitrogen and oxygen atoms in total. The van der Waals surface area contributed by atoms with E-state index in [1.54, 1.807) is 6.08 Å². The first-order valence-corrected chi connectivity index (χ1v) is 6.33. The first-order chi connectivity index (χ1) is 8.29. The summed E-state index contributed by atoms with van der Waals surface area (Å²) in [6.45, 7) is 8.61. The Morgan fingerprint density at radius 2 is 2.12 bits per heavy atom. The van der Waals surface area contributed by atoms with Crippen LogP contribution in [0.3, 0.4) is 0 Å². The predicted molar refractivity (Wildman–Crippen MR) is 71.1 cm³/mol. The van der Waals surface area contributed by atoms with Crippen molar-refractivity contribution in [3.63, 3.8) is 0 Å². The first-order valence-electron chi connectivity index (χ1n) is 6.33. The van der Waals surface area contributed by atoms with E-state index in [9.17, 15) is 0 Å². The summed E-state index contributed by atoms with van der Waals surface area (Å²) in [6.07, 6.45) is 3.15. The topological polar surface area (TPSA) is 21.3 Å². The molecular formula is C15H21NO. The number of hydrogen-bond donors (Lipinski definition) is 1. The Bertz CT molecular complexity index is 358. The van der Waals surface area contributed by atoms with E-state index in [0.717, 1.165) is 30.7 Å². The van der Waals surface area contributed by atoms with E-state index < -0.39 is 0 Å². The van der Waals surface area contributed by atoms with Gasteiger partial charge in [0.15, 0.2) is 0 Å². The molecule has 17 heavy (non-hydrogen) atoms. The summed E-state index contributed by atoms with van der Waals surface area (Å²) < 4.78 is 5.44. The zero-order chi connectivity index (χ0) is 12.1. The average Bonchev–Trinajstić information content (AvgIpc) is 3.04. The third-order valence-corrected chi connectivity index (χ3v) is 3.30. The summed E-state index contributed by atoms with van der Waals surface area (Å²) in [7, 11) is 0. The van der Waals surface area contributed by atoms with Gasteiger partial charge in [0.25, 0.3) is 0 Å². The van der Waals surface area contributed by atoms with Gasteiger partial charge in [0.2, 0.25) is 0 Å². The summed E-state index contributed by atoms with van der Waals surface area (Å²) in [5, 5.41) is 3.50. The SMILES string of the molecule is C=CCOc1ccc(CNCC2CC2C)cc1. The second-order valence-corrected chi connectivity index (χ2v) is 4.85. The second kappa shape index (κ2) is 5.87. The predicted octanol–water partition coefficient (Wildman–Crippen LogP) is 3.00. The number of hydrogen-bond acceptors (Lipinski definition) is 2. The van der Waals surface area contributed by atoms with Crippen molar-refractivity contribution >= 4 is 0 Å². The van der Waals surface area contributed by atoms with Gasteiger partial charge >= 0.3 is 0 Å². The molecule has 0 radical (unpaired) electrons. The molecule has 0 aliphatic heterocycles. The molecule has 0 aromatic heterocycles. The third-order valence-electron chi connectivity index (χ3n) is 3.30. The molecule has 0 spiro atoms. The van der Waals surface area contributed by atoms with E-state index in [1.165, 1.54) is 12.0 Å². The summed E-state index contributed by atoms with van der Waals surface area (Å²) >= 11 is 0. The average molecular weight is 231 g/mol. The highest BCUT2D eigenvalue weighted by Gasteiger charge is 2.31. The maximum atomic E-state index is 5.44. The van der Waals surface area contributed by atoms with Gasteiger partial charge in [-0.3, -0.25) is 0 Å². The van der Waals surface area contributed by atoms with E-state index in [0.29, 0.717) is 6.61 Å². The number of ether oxygens (including phenoxy) is 1. The van der Waals surface area contributed by atoms with Crippen LogP contribution in [0.15, 0.2) is 36.9 Å². The maximum Gasteiger partial charge on any atom is 0.119 e. The van der Waals surface area contributed by atoms with Crippen molar-refractivity contribution in [2.75, 3.05) is 13.2 Å². The van der Waals surface area contributed by atoms with Crippen LogP contribution in [0.1, 0.15) is 18.9 Å². The van der Waals surface area contributed by atoms with Crippen molar-refractivity contribution in [3.05, 3.63) is 42.5 Å². The summed E-state index contributed by atoms with van der Waals surface area (Å²) in [5.74, 6) is 2.74. The van der Waals surface area contributed by atoms with E-state index >= 15 is 0 Å². The Morgan fingerprint density at radius 3 is 2.71 bits per heavy atom. The molecule has 1 aliphatic rings. The lowest BCUT2D eigenvalue weighted by atomic mass is 10.2. The first kappa shape index (κ1) is 12.2. The lowest BCUT2D eigenvalue weighted by molar-refractivity contribution is 0.363. The van der Waals surface area contributed by atoms with Crippen LogP contribution in [0.5, 0.6) is 5.75 Å². The molecule has 2 heteroatoms. The van der Waals surface area contributed by atoms with Gasteiger partial charge in [0.05, 0.1) is 0 Å². The van der Waals surface area contributed by atoms with E-state index in [4.69, 9.17) is 4.74 Å². The molecule has 1 fully saturated rings. The molecule has 1 N–H and O–H groups in total. The summed E-state index contributed by atoms with van der Waals surface area (Å²) in [4.78, 5) is 0. The fraction of sp³-hybridized carbons (Fsp3) is 0.467. The fourth-order valence-electron chi connectivity index (χ4n) is 1.94. The monoisotopic (exact) mass is 231 g/mol. The quantitative estimate of drug-likeness (QED) is 0.728. The minimum Gasteiger partial charge on any atom is -0.490 e. The molecule has 0 heterocycles. The Kier molecular flexibility index (Phi) is 4.21. The van der Waals surface area contributed by atoms with Gasteiger partial charge in [-0.1, -0.05) is 31.7 Å². The minimum atomic E-state index is 0.567. The van der Waals surface area contributed by atoms with Crippen molar-refractivity contribution in [1.29, 1.82) is 0 Å². The number of rotatable bonds is 7. The molecule has 0 saturated heterocycles. The molecule has 2 unspecified atom stereocenters. The third kappa shape index (κ3) is 3.90. The van der Waals surface area contributed by atoms with Crippen LogP contribution >= 0.6 is 0 Å². The minimum absolute atomic E-state index is 0.567. The summed E-state index contributed by atoms with van der Waals surface area (Å²) in [5.41, 5.74) is 1.31. The Labute approximate surface area is 104 Å². The van der Waals surface area contributed by atoms with Crippen LogP contribution in [0.25, 0.3) is 0 Å². The molecule has 1 saturated carbocycles. The molecule has 1 aromatic rings. The smallest absolute Gasteiger partial charge is 0.119 e. The van der Waals surface area contributed by atoms with E-state index in [-0.39, 0.29) is 0 Å². The van der Waals surface area contributed by atoms with Gasteiger partial charge in [-0.15, -0.1) is 0 Å². The molecule has 1 aromatic carbocycles. The van der Waals surface area contributed by atoms with Gasteiger partial charge in [-0.25, -0.2) is 0 Å². The lowest BCUT2D eigenvalue weighted by Crippen LogP contribution is -2.16. The van der Waals surface area contributed by atoms with Crippen LogP contribution in [0.2, 0.25) is 0 Å². The van der Waals surface area contributed by atoms with E-state index in [1.807, 2.05) is 12.1 Å². The van der Waals surface area contributed by atoms with Crippen LogP contribution in [-0.4, -0.2) is 13.2 Å².